The molecule has 4 aromatic rings. The molecule has 4 rings (SSSR count). The van der Waals surface area contributed by atoms with Crippen LogP contribution in [0.4, 0.5) is 8.78 Å². The van der Waals surface area contributed by atoms with Crippen molar-refractivity contribution in [3.63, 3.8) is 0 Å². The minimum atomic E-state index is -1.22. The number of aromatic hydroxyl groups is 1. The molecule has 0 atom stereocenters. The zero-order valence-corrected chi connectivity index (χ0v) is 14.9. The standard InChI is InChI=1S/C21H14F2N2O4/c22-17-10-16-19(11-18(17)23)24(14-6-8-15(26)9-7-14)21(28)25(20(16)27)29-12-13-4-2-1-3-5-13/h1-11,26H,12H2. The smallest absolute Gasteiger partial charge is 0.369 e. The molecular formula is C21H14F2N2O4. The van der Waals surface area contributed by atoms with E-state index in [4.69, 9.17) is 4.84 Å². The average Bonchev–Trinajstić information content (AvgIpc) is 2.72. The van der Waals surface area contributed by atoms with E-state index in [1.54, 1.807) is 30.3 Å². The van der Waals surface area contributed by atoms with Gasteiger partial charge in [-0.2, -0.15) is 0 Å². The minimum Gasteiger partial charge on any atom is -0.508 e. The number of fused-ring (bicyclic) bond motifs is 1. The van der Waals surface area contributed by atoms with Gasteiger partial charge in [-0.05, 0) is 35.9 Å². The van der Waals surface area contributed by atoms with Crippen LogP contribution in [0.25, 0.3) is 16.6 Å². The molecule has 146 valence electrons. The first-order chi connectivity index (χ1) is 14.0. The van der Waals surface area contributed by atoms with Gasteiger partial charge in [-0.25, -0.2) is 13.6 Å². The molecule has 0 fully saturated rings. The van der Waals surface area contributed by atoms with Crippen molar-refractivity contribution < 1.29 is 18.7 Å². The van der Waals surface area contributed by atoms with Gasteiger partial charge < -0.3 is 9.94 Å². The molecule has 0 saturated heterocycles. The Hall–Kier alpha value is -3.94. The summed E-state index contributed by atoms with van der Waals surface area (Å²) in [5.41, 5.74) is -0.977. The molecule has 0 aliphatic carbocycles. The second-order valence-electron chi connectivity index (χ2n) is 6.28. The third-order valence-corrected chi connectivity index (χ3v) is 4.37. The molecule has 0 aliphatic heterocycles. The van der Waals surface area contributed by atoms with Crippen molar-refractivity contribution in [2.75, 3.05) is 0 Å². The summed E-state index contributed by atoms with van der Waals surface area (Å²) >= 11 is 0. The lowest BCUT2D eigenvalue weighted by Gasteiger charge is -2.15. The maximum atomic E-state index is 13.9. The number of nitrogens with zero attached hydrogens (tertiary/aromatic N) is 2. The Morgan fingerprint density at radius 2 is 1.55 bits per heavy atom. The minimum absolute atomic E-state index is 0.0445. The van der Waals surface area contributed by atoms with Gasteiger partial charge in [-0.15, -0.1) is 0 Å². The molecule has 0 unspecified atom stereocenters. The van der Waals surface area contributed by atoms with Crippen LogP contribution < -0.4 is 16.1 Å². The second-order valence-corrected chi connectivity index (χ2v) is 6.28. The summed E-state index contributed by atoms with van der Waals surface area (Å²) in [6.07, 6.45) is 0. The maximum Gasteiger partial charge on any atom is 0.369 e. The number of phenols is 1. The van der Waals surface area contributed by atoms with Crippen LogP contribution in [0, 0.1) is 11.6 Å². The third kappa shape index (κ3) is 3.36. The predicted molar refractivity (Wildman–Crippen MR) is 102 cm³/mol. The quantitative estimate of drug-likeness (QED) is 0.576. The summed E-state index contributed by atoms with van der Waals surface area (Å²) in [5, 5.41) is 9.27. The monoisotopic (exact) mass is 396 g/mol. The molecule has 3 aromatic carbocycles. The van der Waals surface area contributed by atoms with Gasteiger partial charge >= 0.3 is 5.69 Å². The van der Waals surface area contributed by atoms with E-state index in [1.165, 1.54) is 24.3 Å². The number of aromatic nitrogens is 2. The lowest BCUT2D eigenvalue weighted by Crippen LogP contribution is -2.43. The van der Waals surface area contributed by atoms with E-state index < -0.39 is 22.9 Å². The Kier molecular flexibility index (Phi) is 4.59. The van der Waals surface area contributed by atoms with Gasteiger partial charge in [0.1, 0.15) is 12.4 Å². The Labute approximate surface area is 162 Å². The topological polar surface area (TPSA) is 73.5 Å². The first-order valence-corrected chi connectivity index (χ1v) is 8.59. The number of hydrogen-bond donors (Lipinski definition) is 1. The predicted octanol–water partition coefficient (Wildman–Crippen LogP) is 2.77. The van der Waals surface area contributed by atoms with E-state index in [9.17, 15) is 23.5 Å². The molecule has 0 spiro atoms. The van der Waals surface area contributed by atoms with Crippen LogP contribution in [-0.2, 0) is 6.61 Å². The van der Waals surface area contributed by atoms with Crippen LogP contribution in [-0.4, -0.2) is 14.4 Å². The maximum absolute atomic E-state index is 13.9. The Morgan fingerprint density at radius 3 is 2.24 bits per heavy atom. The molecule has 0 aliphatic rings. The molecular weight excluding hydrogens is 382 g/mol. The molecule has 0 radical (unpaired) electrons. The summed E-state index contributed by atoms with van der Waals surface area (Å²) in [7, 11) is 0. The van der Waals surface area contributed by atoms with E-state index in [-0.39, 0.29) is 28.9 Å². The Morgan fingerprint density at radius 1 is 0.897 bits per heavy atom. The Balaban J connectivity index is 1.96. The van der Waals surface area contributed by atoms with Crippen LogP contribution in [0.2, 0.25) is 0 Å². The van der Waals surface area contributed by atoms with Gasteiger partial charge in [0.25, 0.3) is 5.56 Å². The fourth-order valence-corrected chi connectivity index (χ4v) is 2.96. The molecule has 1 heterocycles. The van der Waals surface area contributed by atoms with Crippen LogP contribution in [0.15, 0.2) is 76.3 Å². The highest BCUT2D eigenvalue weighted by Gasteiger charge is 2.18. The van der Waals surface area contributed by atoms with Gasteiger partial charge in [0.15, 0.2) is 11.6 Å². The van der Waals surface area contributed by atoms with E-state index in [1.807, 2.05) is 0 Å². The Bertz CT molecular complexity index is 1310. The lowest BCUT2D eigenvalue weighted by atomic mass is 10.2. The number of halogens is 2. The van der Waals surface area contributed by atoms with Gasteiger partial charge in [0.05, 0.1) is 16.6 Å². The number of phenolic OH excluding ortho intramolecular Hbond substituents is 1. The SMILES string of the molecule is O=c1c2cc(F)c(F)cc2n(-c2ccc(O)cc2)c(=O)n1OCc1ccccc1. The fraction of sp³-hybridized carbons (Fsp3) is 0.0476. The second kappa shape index (κ2) is 7.23. The summed E-state index contributed by atoms with van der Waals surface area (Å²) in [6.45, 7) is -0.0826. The normalized spacial score (nSPS) is 11.0. The highest BCUT2D eigenvalue weighted by molar-refractivity contribution is 5.79. The van der Waals surface area contributed by atoms with Gasteiger partial charge in [-0.1, -0.05) is 35.1 Å². The van der Waals surface area contributed by atoms with Crippen molar-refractivity contribution in [1.29, 1.82) is 0 Å². The highest BCUT2D eigenvalue weighted by Crippen LogP contribution is 2.19. The molecule has 1 N–H and O–H groups in total. The highest BCUT2D eigenvalue weighted by atomic mass is 19.2. The molecule has 6 nitrogen and oxygen atoms in total. The van der Waals surface area contributed by atoms with Crippen molar-refractivity contribution in [3.05, 3.63) is 105 Å². The van der Waals surface area contributed by atoms with Crippen molar-refractivity contribution in [3.8, 4) is 11.4 Å². The number of hydrogen-bond acceptors (Lipinski definition) is 4. The summed E-state index contributed by atoms with van der Waals surface area (Å²) in [5.74, 6) is -2.47. The molecule has 29 heavy (non-hydrogen) atoms. The zero-order chi connectivity index (χ0) is 20.5. The molecule has 0 saturated carbocycles. The van der Waals surface area contributed by atoms with E-state index in [0.717, 1.165) is 16.7 Å². The van der Waals surface area contributed by atoms with Crippen molar-refractivity contribution in [2.24, 2.45) is 0 Å². The van der Waals surface area contributed by atoms with Crippen molar-refractivity contribution in [1.82, 2.24) is 9.30 Å². The molecule has 0 amide bonds. The van der Waals surface area contributed by atoms with Gasteiger partial charge in [0.2, 0.25) is 0 Å². The fourth-order valence-electron chi connectivity index (χ4n) is 2.96. The van der Waals surface area contributed by atoms with Crippen molar-refractivity contribution >= 4 is 10.9 Å². The van der Waals surface area contributed by atoms with E-state index >= 15 is 0 Å². The van der Waals surface area contributed by atoms with E-state index in [2.05, 4.69) is 0 Å². The summed E-state index contributed by atoms with van der Waals surface area (Å²) < 4.78 is 29.2. The van der Waals surface area contributed by atoms with Crippen LogP contribution in [0.5, 0.6) is 5.75 Å². The average molecular weight is 396 g/mol. The van der Waals surface area contributed by atoms with Crippen LogP contribution >= 0.6 is 0 Å². The largest absolute Gasteiger partial charge is 0.508 e. The third-order valence-electron chi connectivity index (χ3n) is 4.37. The first-order valence-electron chi connectivity index (χ1n) is 8.59. The molecule has 0 bridgehead atoms. The van der Waals surface area contributed by atoms with Crippen LogP contribution in [0.3, 0.4) is 0 Å². The van der Waals surface area contributed by atoms with Crippen molar-refractivity contribution in [2.45, 2.75) is 6.61 Å². The van der Waals surface area contributed by atoms with Gasteiger partial charge in [-0.3, -0.25) is 9.36 Å². The molecule has 8 heteroatoms. The number of rotatable bonds is 4. The first kappa shape index (κ1) is 18.4. The summed E-state index contributed by atoms with van der Waals surface area (Å²) in [6, 6.07) is 15.8. The zero-order valence-electron chi connectivity index (χ0n) is 14.9. The molecule has 1 aromatic heterocycles. The van der Waals surface area contributed by atoms with Crippen LogP contribution in [0.1, 0.15) is 5.56 Å². The van der Waals surface area contributed by atoms with E-state index in [0.29, 0.717) is 10.3 Å². The number of benzene rings is 3. The lowest BCUT2D eigenvalue weighted by molar-refractivity contribution is 0.0789. The summed E-state index contributed by atoms with van der Waals surface area (Å²) in [4.78, 5) is 31.2. The van der Waals surface area contributed by atoms with Gasteiger partial charge in [0, 0.05) is 6.07 Å².